The topological polar surface area (TPSA) is 44.1 Å². The number of para-hydroxylation sites is 1. The Balaban J connectivity index is 1.77. The first kappa shape index (κ1) is 24.1. The molecule has 0 radical (unpaired) electrons. The molecule has 0 atom stereocenters. The summed E-state index contributed by atoms with van der Waals surface area (Å²) in [6.07, 6.45) is 0. The van der Waals surface area contributed by atoms with Gasteiger partial charge in [-0.3, -0.25) is 9.36 Å². The van der Waals surface area contributed by atoms with Gasteiger partial charge in [-0.1, -0.05) is 56.8 Å². The zero-order chi connectivity index (χ0) is 24.5. The maximum Gasteiger partial charge on any atom is 0.266 e. The van der Waals surface area contributed by atoms with Gasteiger partial charge in [0.05, 0.1) is 23.2 Å². The zero-order valence-corrected chi connectivity index (χ0v) is 21.6. The van der Waals surface area contributed by atoms with E-state index in [9.17, 15) is 4.79 Å². The molecule has 4 nitrogen and oxygen atoms in total. The van der Waals surface area contributed by atoms with E-state index in [2.05, 4.69) is 46.8 Å². The summed E-state index contributed by atoms with van der Waals surface area (Å²) in [6.45, 7) is 13.6. The molecule has 1 aromatic heterocycles. The number of fused-ring (bicyclic) bond motifs is 1. The van der Waals surface area contributed by atoms with Gasteiger partial charge in [0.1, 0.15) is 5.75 Å². The Labute approximate surface area is 206 Å². The summed E-state index contributed by atoms with van der Waals surface area (Å²) < 4.78 is 7.30. The number of rotatable bonds is 6. The van der Waals surface area contributed by atoms with Crippen molar-refractivity contribution in [3.63, 3.8) is 0 Å². The van der Waals surface area contributed by atoms with Crippen LogP contribution in [0.5, 0.6) is 5.75 Å². The number of ether oxygens (including phenoxy) is 1. The Morgan fingerprint density at radius 1 is 0.971 bits per heavy atom. The molecular formula is C29H32N2O2S. The van der Waals surface area contributed by atoms with E-state index in [1.807, 2.05) is 55.5 Å². The molecule has 0 aliphatic heterocycles. The molecule has 34 heavy (non-hydrogen) atoms. The molecule has 0 aliphatic rings. The van der Waals surface area contributed by atoms with E-state index < -0.39 is 0 Å². The van der Waals surface area contributed by atoms with Gasteiger partial charge < -0.3 is 4.74 Å². The molecule has 0 spiro atoms. The van der Waals surface area contributed by atoms with Crippen LogP contribution in [-0.4, -0.2) is 16.2 Å². The third-order valence-corrected chi connectivity index (χ3v) is 7.02. The monoisotopic (exact) mass is 472 g/mol. The van der Waals surface area contributed by atoms with Crippen molar-refractivity contribution < 1.29 is 4.74 Å². The minimum atomic E-state index is -0.0613. The minimum absolute atomic E-state index is 0.0613. The lowest BCUT2D eigenvalue weighted by Crippen LogP contribution is -2.21. The standard InChI is InChI=1S/C29H32N2O2S/c1-7-33-23-14-12-22(13-15-23)31-27(32)24-10-8-9-11-26(24)30-28(31)34-18-25-19(2)16-21(17-20(25)3)29(4,5)6/h8-17H,7,18H2,1-6H3. The van der Waals surface area contributed by atoms with Gasteiger partial charge in [0.15, 0.2) is 5.16 Å². The van der Waals surface area contributed by atoms with Gasteiger partial charge in [-0.2, -0.15) is 0 Å². The quantitative estimate of drug-likeness (QED) is 0.224. The van der Waals surface area contributed by atoms with Crippen molar-refractivity contribution >= 4 is 22.7 Å². The SMILES string of the molecule is CCOc1ccc(-n2c(SCc3c(C)cc(C(C)(C)C)cc3C)nc3ccccc3c2=O)cc1. The first-order valence-corrected chi connectivity index (χ1v) is 12.7. The highest BCUT2D eigenvalue weighted by Gasteiger charge is 2.18. The summed E-state index contributed by atoms with van der Waals surface area (Å²) in [5.74, 6) is 1.52. The van der Waals surface area contributed by atoms with Crippen molar-refractivity contribution in [1.82, 2.24) is 9.55 Å². The summed E-state index contributed by atoms with van der Waals surface area (Å²) >= 11 is 1.60. The molecule has 176 valence electrons. The van der Waals surface area contributed by atoms with Crippen LogP contribution in [0.15, 0.2) is 70.6 Å². The molecule has 0 bridgehead atoms. The summed E-state index contributed by atoms with van der Waals surface area (Å²) in [5.41, 5.74) is 6.72. The molecular weight excluding hydrogens is 440 g/mol. The number of hydrogen-bond acceptors (Lipinski definition) is 4. The van der Waals surface area contributed by atoms with Gasteiger partial charge in [-0.25, -0.2) is 4.98 Å². The van der Waals surface area contributed by atoms with Crippen LogP contribution in [0.4, 0.5) is 0 Å². The fourth-order valence-electron chi connectivity index (χ4n) is 4.09. The predicted molar refractivity (Wildman–Crippen MR) is 143 cm³/mol. The van der Waals surface area contributed by atoms with Crippen LogP contribution in [0, 0.1) is 13.8 Å². The van der Waals surface area contributed by atoms with Gasteiger partial charge in [0.25, 0.3) is 5.56 Å². The van der Waals surface area contributed by atoms with Gasteiger partial charge in [0.2, 0.25) is 0 Å². The van der Waals surface area contributed by atoms with Gasteiger partial charge in [-0.15, -0.1) is 0 Å². The summed E-state index contributed by atoms with van der Waals surface area (Å²) in [6, 6.07) is 19.7. The van der Waals surface area contributed by atoms with Crippen molar-refractivity contribution in [2.75, 3.05) is 6.61 Å². The predicted octanol–water partition coefficient (Wildman–Crippen LogP) is 6.99. The van der Waals surface area contributed by atoms with Crippen LogP contribution in [0.25, 0.3) is 16.6 Å². The Morgan fingerprint density at radius 2 is 1.62 bits per heavy atom. The number of aryl methyl sites for hydroxylation is 2. The molecule has 4 rings (SSSR count). The molecule has 1 heterocycles. The van der Waals surface area contributed by atoms with Crippen molar-refractivity contribution in [2.24, 2.45) is 0 Å². The zero-order valence-electron chi connectivity index (χ0n) is 20.8. The van der Waals surface area contributed by atoms with E-state index in [1.165, 1.54) is 22.3 Å². The second-order valence-corrected chi connectivity index (χ2v) is 10.5. The van der Waals surface area contributed by atoms with Gasteiger partial charge in [-0.05, 0) is 84.8 Å². The van der Waals surface area contributed by atoms with Gasteiger partial charge in [0, 0.05) is 5.75 Å². The third kappa shape index (κ3) is 4.90. The number of nitrogens with zero attached hydrogens (tertiary/aromatic N) is 2. The number of thioether (sulfide) groups is 1. The van der Waals surface area contributed by atoms with E-state index in [4.69, 9.17) is 9.72 Å². The molecule has 0 saturated carbocycles. The van der Waals surface area contributed by atoms with E-state index in [0.29, 0.717) is 22.7 Å². The molecule has 0 N–H and O–H groups in total. The molecule has 4 aromatic rings. The fraction of sp³-hybridized carbons (Fsp3) is 0.310. The van der Waals surface area contributed by atoms with Crippen LogP contribution in [0.2, 0.25) is 0 Å². The highest BCUT2D eigenvalue weighted by Crippen LogP contribution is 2.31. The van der Waals surface area contributed by atoms with E-state index in [0.717, 1.165) is 17.2 Å². The largest absolute Gasteiger partial charge is 0.494 e. The summed E-state index contributed by atoms with van der Waals surface area (Å²) in [7, 11) is 0. The maximum atomic E-state index is 13.5. The van der Waals surface area contributed by atoms with Crippen LogP contribution >= 0.6 is 11.8 Å². The summed E-state index contributed by atoms with van der Waals surface area (Å²) in [4.78, 5) is 18.4. The third-order valence-electron chi connectivity index (χ3n) is 6.06. The minimum Gasteiger partial charge on any atom is -0.494 e. The molecule has 0 aliphatic carbocycles. The lowest BCUT2D eigenvalue weighted by molar-refractivity contribution is 0.340. The molecule has 0 fully saturated rings. The second-order valence-electron chi connectivity index (χ2n) is 9.61. The number of aromatic nitrogens is 2. The van der Waals surface area contributed by atoms with E-state index >= 15 is 0 Å². The molecule has 0 amide bonds. The van der Waals surface area contributed by atoms with Crippen molar-refractivity contribution in [3.8, 4) is 11.4 Å². The normalized spacial score (nSPS) is 11.7. The van der Waals surface area contributed by atoms with Crippen LogP contribution in [0.3, 0.4) is 0 Å². The molecule has 3 aromatic carbocycles. The second kappa shape index (κ2) is 9.67. The van der Waals surface area contributed by atoms with Crippen molar-refractivity contribution in [2.45, 2.75) is 57.9 Å². The summed E-state index contributed by atoms with van der Waals surface area (Å²) in [5, 5.41) is 1.30. The van der Waals surface area contributed by atoms with E-state index in [-0.39, 0.29) is 11.0 Å². The first-order valence-electron chi connectivity index (χ1n) is 11.7. The maximum absolute atomic E-state index is 13.5. The molecule has 0 unspecified atom stereocenters. The van der Waals surface area contributed by atoms with Crippen LogP contribution in [-0.2, 0) is 11.2 Å². The Morgan fingerprint density at radius 3 is 2.24 bits per heavy atom. The smallest absolute Gasteiger partial charge is 0.266 e. The van der Waals surface area contributed by atoms with Crippen molar-refractivity contribution in [1.29, 1.82) is 0 Å². The van der Waals surface area contributed by atoms with Crippen LogP contribution < -0.4 is 10.3 Å². The average Bonchev–Trinajstić information content (AvgIpc) is 2.79. The lowest BCUT2D eigenvalue weighted by Gasteiger charge is -2.22. The van der Waals surface area contributed by atoms with Crippen molar-refractivity contribution in [3.05, 3.63) is 93.3 Å². The van der Waals surface area contributed by atoms with Gasteiger partial charge >= 0.3 is 0 Å². The average molecular weight is 473 g/mol. The van der Waals surface area contributed by atoms with Crippen LogP contribution in [0.1, 0.15) is 49.9 Å². The Bertz CT molecular complexity index is 1360. The Kier molecular flexibility index (Phi) is 6.85. The van der Waals surface area contributed by atoms with E-state index in [1.54, 1.807) is 16.3 Å². The molecule has 0 saturated heterocycles. The highest BCUT2D eigenvalue weighted by molar-refractivity contribution is 7.98. The number of benzene rings is 3. The fourth-order valence-corrected chi connectivity index (χ4v) is 5.29. The number of hydrogen-bond donors (Lipinski definition) is 0. The lowest BCUT2D eigenvalue weighted by atomic mass is 9.84. The molecule has 5 heteroatoms. The Hall–Kier alpha value is -3.05. The highest BCUT2D eigenvalue weighted by atomic mass is 32.2. The first-order chi connectivity index (χ1) is 16.2.